The summed E-state index contributed by atoms with van der Waals surface area (Å²) in [6.45, 7) is 0. The zero-order chi connectivity index (χ0) is 18.1. The molecule has 1 aliphatic rings. The van der Waals surface area contributed by atoms with Crippen LogP contribution in [-0.2, 0) is 17.6 Å². The van der Waals surface area contributed by atoms with Crippen LogP contribution in [0.1, 0.15) is 45.5 Å². The molecular weight excluding hydrogens is 350 g/mol. The van der Waals surface area contributed by atoms with E-state index in [0.717, 1.165) is 36.7 Å². The molecule has 0 aliphatic heterocycles. The number of rotatable bonds is 5. The van der Waals surface area contributed by atoms with Crippen molar-refractivity contribution >= 4 is 33.7 Å². The van der Waals surface area contributed by atoms with E-state index >= 15 is 0 Å². The molecular formula is C19H17N3O3S. The first-order valence-corrected chi connectivity index (χ1v) is 9.33. The van der Waals surface area contributed by atoms with E-state index in [9.17, 15) is 14.4 Å². The topological polar surface area (TPSA) is 91.9 Å². The number of H-pyrrole nitrogens is 1. The Labute approximate surface area is 153 Å². The van der Waals surface area contributed by atoms with Crippen molar-refractivity contribution in [3.8, 4) is 0 Å². The molecule has 2 aromatic heterocycles. The summed E-state index contributed by atoms with van der Waals surface area (Å²) in [5, 5.41) is 3.41. The fraction of sp³-hybridized carbons (Fsp3) is 0.263. The number of thiophene rings is 1. The number of nitrogens with one attached hydrogen (secondary N) is 2. The summed E-state index contributed by atoms with van der Waals surface area (Å²) >= 11 is 1.49. The largest absolute Gasteiger partial charge is 0.342 e. The number of hydrogen-bond donors (Lipinski definition) is 2. The highest BCUT2D eigenvalue weighted by Crippen LogP contribution is 2.34. The van der Waals surface area contributed by atoms with Gasteiger partial charge in [0.05, 0.1) is 11.4 Å². The fourth-order valence-electron chi connectivity index (χ4n) is 3.40. The Hall–Kier alpha value is -2.80. The molecule has 0 fully saturated rings. The van der Waals surface area contributed by atoms with Gasteiger partial charge in [-0.3, -0.25) is 9.59 Å². The molecule has 6 nitrogen and oxygen atoms in total. The maximum atomic E-state index is 12.6. The number of benzene rings is 1. The molecule has 0 radical (unpaired) electrons. The highest BCUT2D eigenvalue weighted by atomic mass is 32.1. The minimum atomic E-state index is -0.492. The van der Waals surface area contributed by atoms with E-state index in [-0.39, 0.29) is 17.8 Å². The summed E-state index contributed by atoms with van der Waals surface area (Å²) < 4.78 is 0. The van der Waals surface area contributed by atoms with Crippen molar-refractivity contribution in [2.24, 2.45) is 0 Å². The zero-order valence-electron chi connectivity index (χ0n) is 14.0. The summed E-state index contributed by atoms with van der Waals surface area (Å²) in [4.78, 5) is 44.9. The van der Waals surface area contributed by atoms with Gasteiger partial charge in [0.25, 0.3) is 11.5 Å². The van der Waals surface area contributed by atoms with Crippen LogP contribution in [0.2, 0.25) is 0 Å². The van der Waals surface area contributed by atoms with Crippen LogP contribution in [0.4, 0.5) is 0 Å². The van der Waals surface area contributed by atoms with Crippen molar-refractivity contribution in [1.82, 2.24) is 15.3 Å². The Bertz CT molecular complexity index is 1040. The van der Waals surface area contributed by atoms with Crippen LogP contribution in [0, 0.1) is 0 Å². The molecule has 1 aromatic carbocycles. The third kappa shape index (κ3) is 2.94. The Morgan fingerprint density at radius 2 is 2.12 bits per heavy atom. The van der Waals surface area contributed by atoms with Gasteiger partial charge in [-0.1, -0.05) is 30.3 Å². The number of carbonyl (C=O) groups excluding carboxylic acids is 2. The zero-order valence-corrected chi connectivity index (χ0v) is 14.8. The van der Waals surface area contributed by atoms with Crippen molar-refractivity contribution in [3.05, 3.63) is 62.5 Å². The summed E-state index contributed by atoms with van der Waals surface area (Å²) in [5.41, 5.74) is 1.63. The molecule has 1 aliphatic carbocycles. The second kappa shape index (κ2) is 6.84. The maximum Gasteiger partial charge on any atom is 0.287 e. The number of aromatic nitrogens is 2. The third-order valence-corrected chi connectivity index (χ3v) is 5.82. The van der Waals surface area contributed by atoms with Gasteiger partial charge in [0.1, 0.15) is 11.1 Å². The Morgan fingerprint density at radius 3 is 2.88 bits per heavy atom. The summed E-state index contributed by atoms with van der Waals surface area (Å²) in [5.74, 6) is -0.512. The van der Waals surface area contributed by atoms with Gasteiger partial charge in [0, 0.05) is 11.3 Å². The van der Waals surface area contributed by atoms with Crippen molar-refractivity contribution < 1.29 is 9.59 Å². The number of aromatic amines is 1. The molecule has 1 amide bonds. The van der Waals surface area contributed by atoms with Crippen LogP contribution in [-0.4, -0.2) is 22.2 Å². The van der Waals surface area contributed by atoms with Gasteiger partial charge in [-0.2, -0.15) is 0 Å². The lowest BCUT2D eigenvalue weighted by Gasteiger charge is -2.16. The predicted octanol–water partition coefficient (Wildman–Crippen LogP) is 2.53. The maximum absolute atomic E-state index is 12.6. The number of amides is 1. The molecule has 132 valence electrons. The molecule has 4 rings (SSSR count). The predicted molar refractivity (Wildman–Crippen MR) is 99.6 cm³/mol. The first-order chi connectivity index (χ1) is 12.7. The van der Waals surface area contributed by atoms with E-state index in [4.69, 9.17) is 0 Å². The second-order valence-electron chi connectivity index (χ2n) is 6.29. The van der Waals surface area contributed by atoms with E-state index in [1.807, 2.05) is 30.3 Å². The van der Waals surface area contributed by atoms with Crippen molar-refractivity contribution in [3.63, 3.8) is 0 Å². The fourth-order valence-corrected chi connectivity index (χ4v) is 4.66. The van der Waals surface area contributed by atoms with Crippen LogP contribution < -0.4 is 10.9 Å². The van der Waals surface area contributed by atoms with Crippen molar-refractivity contribution in [2.45, 2.75) is 31.7 Å². The molecule has 0 saturated carbocycles. The van der Waals surface area contributed by atoms with Crippen LogP contribution in [0.25, 0.3) is 10.2 Å². The van der Waals surface area contributed by atoms with Gasteiger partial charge in [0.15, 0.2) is 0 Å². The average molecular weight is 367 g/mol. The van der Waals surface area contributed by atoms with E-state index in [0.29, 0.717) is 10.2 Å². The van der Waals surface area contributed by atoms with Gasteiger partial charge >= 0.3 is 0 Å². The van der Waals surface area contributed by atoms with Crippen LogP contribution >= 0.6 is 11.3 Å². The minimum Gasteiger partial charge on any atom is -0.342 e. The monoisotopic (exact) mass is 367 g/mol. The average Bonchev–Trinajstić information content (AvgIpc) is 3.22. The van der Waals surface area contributed by atoms with Crippen LogP contribution in [0.3, 0.4) is 0 Å². The molecule has 0 unspecified atom stereocenters. The normalized spacial score (nSPS) is 14.2. The van der Waals surface area contributed by atoms with Crippen molar-refractivity contribution in [1.29, 1.82) is 0 Å². The van der Waals surface area contributed by atoms with Gasteiger partial charge in [0.2, 0.25) is 5.82 Å². The minimum absolute atomic E-state index is 0.0192. The Kier molecular flexibility index (Phi) is 4.38. The molecule has 26 heavy (non-hydrogen) atoms. The number of nitrogens with zero attached hydrogens (tertiary/aromatic N) is 1. The standard InChI is InChI=1S/C19H17N3O3S/c23-10-9-13(11-5-2-1-3-6-11)20-18(25)16-21-17(24)15-12-7-4-8-14(12)26-19(15)22-16/h1-3,5-6,10,13H,4,7-9H2,(H,20,25)(H,21,22,24)/t13-/m0/s1. The van der Waals surface area contributed by atoms with Crippen LogP contribution in [0.5, 0.6) is 0 Å². The second-order valence-corrected chi connectivity index (χ2v) is 7.37. The molecule has 3 aromatic rings. The van der Waals surface area contributed by atoms with Gasteiger partial charge in [-0.05, 0) is 30.4 Å². The molecule has 7 heteroatoms. The molecule has 2 N–H and O–H groups in total. The summed E-state index contributed by atoms with van der Waals surface area (Å²) in [6, 6.07) is 8.79. The first-order valence-electron chi connectivity index (χ1n) is 8.51. The van der Waals surface area contributed by atoms with Gasteiger partial charge < -0.3 is 15.1 Å². The SMILES string of the molecule is O=CC[C@H](NC(=O)c1nc2sc3c(c2c(=O)[nH]1)CCC3)c1ccccc1. The number of carbonyl (C=O) groups is 2. The Balaban J connectivity index is 1.65. The van der Waals surface area contributed by atoms with E-state index in [1.54, 1.807) is 0 Å². The number of aldehydes is 1. The van der Waals surface area contributed by atoms with Gasteiger partial charge in [-0.15, -0.1) is 11.3 Å². The lowest BCUT2D eigenvalue weighted by molar-refractivity contribution is -0.108. The molecule has 2 heterocycles. The number of hydrogen-bond acceptors (Lipinski definition) is 5. The molecule has 0 spiro atoms. The lowest BCUT2D eigenvalue weighted by Crippen LogP contribution is -2.31. The highest BCUT2D eigenvalue weighted by Gasteiger charge is 2.23. The van der Waals surface area contributed by atoms with Gasteiger partial charge in [-0.25, -0.2) is 4.98 Å². The number of fused-ring (bicyclic) bond motifs is 3. The summed E-state index contributed by atoms with van der Waals surface area (Å²) in [7, 11) is 0. The Morgan fingerprint density at radius 1 is 1.31 bits per heavy atom. The highest BCUT2D eigenvalue weighted by molar-refractivity contribution is 7.18. The quantitative estimate of drug-likeness (QED) is 0.678. The van der Waals surface area contributed by atoms with E-state index in [1.165, 1.54) is 16.2 Å². The molecule has 1 atom stereocenters. The van der Waals surface area contributed by atoms with Crippen LogP contribution in [0.15, 0.2) is 35.1 Å². The van der Waals surface area contributed by atoms with E-state index < -0.39 is 11.9 Å². The molecule has 0 bridgehead atoms. The lowest BCUT2D eigenvalue weighted by atomic mass is 10.0. The third-order valence-electron chi connectivity index (χ3n) is 4.63. The molecule has 0 saturated heterocycles. The van der Waals surface area contributed by atoms with E-state index in [2.05, 4.69) is 15.3 Å². The van der Waals surface area contributed by atoms with Crippen molar-refractivity contribution in [2.75, 3.05) is 0 Å². The summed E-state index contributed by atoms with van der Waals surface area (Å²) in [6.07, 6.45) is 3.83. The first kappa shape index (κ1) is 16.7. The number of aryl methyl sites for hydroxylation is 2. The smallest absolute Gasteiger partial charge is 0.287 e.